The van der Waals surface area contributed by atoms with Crippen molar-refractivity contribution in [3.8, 4) is 11.5 Å². The number of amides is 2. The van der Waals surface area contributed by atoms with Gasteiger partial charge in [0.2, 0.25) is 5.91 Å². The van der Waals surface area contributed by atoms with E-state index in [0.29, 0.717) is 23.5 Å². The Kier molecular flexibility index (Phi) is 7.73. The summed E-state index contributed by atoms with van der Waals surface area (Å²) in [4.78, 5) is 28.5. The zero-order valence-electron chi connectivity index (χ0n) is 20.3. The number of para-hydroxylation sites is 1. The molecule has 1 fully saturated rings. The molecule has 1 aliphatic rings. The Hall–Kier alpha value is -4.07. The van der Waals surface area contributed by atoms with E-state index < -0.39 is 12.1 Å². The lowest BCUT2D eigenvalue weighted by molar-refractivity contribution is -0.135. The van der Waals surface area contributed by atoms with Crippen LogP contribution in [0.2, 0.25) is 0 Å². The van der Waals surface area contributed by atoms with Crippen molar-refractivity contribution < 1.29 is 23.8 Å². The first-order chi connectivity index (χ1) is 17.3. The lowest BCUT2D eigenvalue weighted by atomic mass is 9.98. The number of piperazine rings is 1. The molecule has 0 radical (unpaired) electrons. The highest BCUT2D eigenvalue weighted by molar-refractivity contribution is 5.86. The molecule has 2 N–H and O–H groups in total. The largest absolute Gasteiger partial charge is 0.465 e. The van der Waals surface area contributed by atoms with Crippen LogP contribution in [0.25, 0.3) is 0 Å². The molecular weight excluding hydrogens is 461 g/mol. The average Bonchev–Trinajstić information content (AvgIpc) is 2.88. The number of nitrogens with one attached hydrogen (secondary N) is 1. The predicted octanol–water partition coefficient (Wildman–Crippen LogP) is 5.62. The Morgan fingerprint density at radius 1 is 0.944 bits per heavy atom. The highest BCUT2D eigenvalue weighted by Crippen LogP contribution is 2.28. The zero-order valence-corrected chi connectivity index (χ0v) is 20.3. The summed E-state index contributed by atoms with van der Waals surface area (Å²) in [6, 6.07) is 21.4. The third-order valence-corrected chi connectivity index (χ3v) is 6.34. The maximum atomic E-state index is 13.7. The van der Waals surface area contributed by atoms with Crippen LogP contribution in [0.3, 0.4) is 0 Å². The molecule has 8 heteroatoms. The van der Waals surface area contributed by atoms with Crippen LogP contribution in [-0.2, 0) is 4.79 Å². The lowest BCUT2D eigenvalue weighted by Crippen LogP contribution is -2.59. The predicted molar refractivity (Wildman–Crippen MR) is 136 cm³/mol. The summed E-state index contributed by atoms with van der Waals surface area (Å²) < 4.78 is 19.5. The van der Waals surface area contributed by atoms with Gasteiger partial charge < -0.3 is 25.0 Å². The van der Waals surface area contributed by atoms with Gasteiger partial charge in [-0.05, 0) is 60.0 Å². The number of hydrogen-bond donors (Lipinski definition) is 2. The van der Waals surface area contributed by atoms with Gasteiger partial charge in [-0.3, -0.25) is 4.79 Å². The minimum atomic E-state index is -0.980. The quantitative estimate of drug-likeness (QED) is 0.448. The summed E-state index contributed by atoms with van der Waals surface area (Å²) in [6.45, 7) is 4.72. The smallest absolute Gasteiger partial charge is 0.407 e. The molecule has 0 bridgehead atoms. The topological polar surface area (TPSA) is 82.1 Å². The van der Waals surface area contributed by atoms with Gasteiger partial charge in [0.1, 0.15) is 23.4 Å². The number of anilines is 1. The number of carbonyl (C=O) groups excluding carboxylic acids is 1. The molecule has 36 heavy (non-hydrogen) atoms. The molecule has 0 aromatic heterocycles. The normalized spacial score (nSPS) is 16.5. The van der Waals surface area contributed by atoms with E-state index >= 15 is 0 Å². The SMILES string of the molecule is CC(C)C1CN(C(=O)C(Nc2ccc(Oc3ccccc3)cc2)c2ccc(F)cc2)CCN1C(=O)O. The fourth-order valence-electron chi connectivity index (χ4n) is 4.35. The molecule has 0 aliphatic carbocycles. The van der Waals surface area contributed by atoms with Gasteiger partial charge in [-0.15, -0.1) is 0 Å². The van der Waals surface area contributed by atoms with Crippen molar-refractivity contribution in [1.82, 2.24) is 9.80 Å². The number of halogens is 1. The average molecular weight is 492 g/mol. The Morgan fingerprint density at radius 3 is 2.19 bits per heavy atom. The van der Waals surface area contributed by atoms with Crippen molar-refractivity contribution >= 4 is 17.7 Å². The van der Waals surface area contributed by atoms with Gasteiger partial charge in [0, 0.05) is 25.3 Å². The number of nitrogens with zero attached hydrogens (tertiary/aromatic N) is 2. The van der Waals surface area contributed by atoms with Crippen molar-refractivity contribution in [3.63, 3.8) is 0 Å². The molecular formula is C28H30FN3O4. The van der Waals surface area contributed by atoms with Gasteiger partial charge in [-0.25, -0.2) is 9.18 Å². The van der Waals surface area contributed by atoms with Crippen molar-refractivity contribution in [1.29, 1.82) is 0 Å². The second-order valence-corrected chi connectivity index (χ2v) is 9.14. The minimum Gasteiger partial charge on any atom is -0.465 e. The van der Waals surface area contributed by atoms with Crippen LogP contribution < -0.4 is 10.1 Å². The third kappa shape index (κ3) is 5.94. The van der Waals surface area contributed by atoms with Gasteiger partial charge >= 0.3 is 6.09 Å². The van der Waals surface area contributed by atoms with E-state index in [1.807, 2.05) is 68.4 Å². The standard InChI is InChI=1S/C28H30FN3O4/c1-19(2)25-18-31(16-17-32(25)28(34)35)27(33)26(20-8-10-21(29)11-9-20)30-22-12-14-24(15-13-22)36-23-6-4-3-5-7-23/h3-15,19,25-26,30H,16-18H2,1-2H3,(H,34,35). The summed E-state index contributed by atoms with van der Waals surface area (Å²) >= 11 is 0. The molecule has 3 aromatic carbocycles. The zero-order chi connectivity index (χ0) is 25.7. The number of carboxylic acid groups (broad SMARTS) is 1. The van der Waals surface area contributed by atoms with Crippen molar-refractivity contribution in [2.45, 2.75) is 25.9 Å². The first kappa shape index (κ1) is 25.0. The van der Waals surface area contributed by atoms with Crippen LogP contribution in [0.15, 0.2) is 78.9 Å². The molecule has 0 saturated carbocycles. The van der Waals surface area contributed by atoms with Crippen LogP contribution in [0, 0.1) is 11.7 Å². The molecule has 2 atom stereocenters. The van der Waals surface area contributed by atoms with E-state index in [0.717, 1.165) is 5.75 Å². The molecule has 1 saturated heterocycles. The first-order valence-corrected chi connectivity index (χ1v) is 11.9. The fourth-order valence-corrected chi connectivity index (χ4v) is 4.35. The summed E-state index contributed by atoms with van der Waals surface area (Å²) in [5.41, 5.74) is 1.32. The van der Waals surface area contributed by atoms with E-state index in [4.69, 9.17) is 4.74 Å². The Labute approximate surface area is 210 Å². The molecule has 7 nitrogen and oxygen atoms in total. The van der Waals surface area contributed by atoms with Crippen LogP contribution in [0.4, 0.5) is 14.9 Å². The maximum absolute atomic E-state index is 13.7. The molecule has 4 rings (SSSR count). The summed E-state index contributed by atoms with van der Waals surface area (Å²) in [5, 5.41) is 12.9. The monoisotopic (exact) mass is 491 g/mol. The summed E-state index contributed by atoms with van der Waals surface area (Å²) in [5.74, 6) is 0.842. The molecule has 1 aliphatic heterocycles. The van der Waals surface area contributed by atoms with Gasteiger partial charge in [-0.2, -0.15) is 0 Å². The fraction of sp³-hybridized carbons (Fsp3) is 0.286. The van der Waals surface area contributed by atoms with E-state index in [1.54, 1.807) is 17.0 Å². The van der Waals surface area contributed by atoms with Gasteiger partial charge in [0.15, 0.2) is 0 Å². The molecule has 1 heterocycles. The number of hydrogen-bond acceptors (Lipinski definition) is 4. The first-order valence-electron chi connectivity index (χ1n) is 11.9. The number of rotatable bonds is 7. The van der Waals surface area contributed by atoms with E-state index in [9.17, 15) is 19.1 Å². The van der Waals surface area contributed by atoms with Crippen LogP contribution >= 0.6 is 0 Å². The molecule has 0 spiro atoms. The van der Waals surface area contributed by atoms with E-state index in [-0.39, 0.29) is 36.8 Å². The summed E-state index contributed by atoms with van der Waals surface area (Å²) in [6.07, 6.45) is -0.980. The van der Waals surface area contributed by atoms with E-state index in [1.165, 1.54) is 17.0 Å². The van der Waals surface area contributed by atoms with Crippen molar-refractivity contribution in [2.24, 2.45) is 5.92 Å². The van der Waals surface area contributed by atoms with Gasteiger partial charge in [0.25, 0.3) is 0 Å². The highest BCUT2D eigenvalue weighted by Gasteiger charge is 2.36. The van der Waals surface area contributed by atoms with E-state index in [2.05, 4.69) is 5.32 Å². The highest BCUT2D eigenvalue weighted by atomic mass is 19.1. The second kappa shape index (κ2) is 11.1. The maximum Gasteiger partial charge on any atom is 0.407 e. The van der Waals surface area contributed by atoms with Crippen LogP contribution in [0.5, 0.6) is 11.5 Å². The molecule has 188 valence electrons. The lowest BCUT2D eigenvalue weighted by Gasteiger charge is -2.43. The van der Waals surface area contributed by atoms with Crippen molar-refractivity contribution in [2.75, 3.05) is 25.0 Å². The number of benzene rings is 3. The Morgan fingerprint density at radius 2 is 1.58 bits per heavy atom. The molecule has 2 amide bonds. The van der Waals surface area contributed by atoms with Gasteiger partial charge in [-0.1, -0.05) is 44.2 Å². The van der Waals surface area contributed by atoms with Gasteiger partial charge in [0.05, 0.1) is 6.04 Å². The summed E-state index contributed by atoms with van der Waals surface area (Å²) in [7, 11) is 0. The Bertz CT molecular complexity index is 1170. The van der Waals surface area contributed by atoms with Crippen LogP contribution in [0.1, 0.15) is 25.5 Å². The molecule has 2 unspecified atom stereocenters. The number of ether oxygens (including phenoxy) is 1. The Balaban J connectivity index is 1.54. The van der Waals surface area contributed by atoms with Crippen molar-refractivity contribution in [3.05, 3.63) is 90.2 Å². The minimum absolute atomic E-state index is 0.0473. The number of carbonyl (C=O) groups is 2. The molecule has 3 aromatic rings. The van der Waals surface area contributed by atoms with Crippen LogP contribution in [-0.4, -0.2) is 52.6 Å². The third-order valence-electron chi connectivity index (χ3n) is 6.34. The second-order valence-electron chi connectivity index (χ2n) is 9.14.